The van der Waals surface area contributed by atoms with Gasteiger partial charge >= 0.3 is 45.2 Å². The molecule has 2 aliphatic carbocycles. The van der Waals surface area contributed by atoms with Crippen LogP contribution in [0.2, 0.25) is 0 Å². The fourth-order valence-electron chi connectivity index (χ4n) is 5.82. The SMILES string of the molecule is [C-]#[O+].[C-]#[O+].[C-]#[O+].[C-]#[O+].[Fe].[W].c1ccc(P(c2ccccc2)C2CCCC2)cc1.c1ccc(P(c2ccccc2)C2CCCC2)cc1. The van der Waals surface area contributed by atoms with Gasteiger partial charge in [0.15, 0.2) is 0 Å². The third-order valence-corrected chi connectivity index (χ3v) is 13.4. The number of benzene rings is 4. The third-order valence-electron chi connectivity index (χ3n) is 7.52. The Bertz CT molecular complexity index is 1140. The van der Waals surface area contributed by atoms with Gasteiger partial charge in [-0.3, -0.25) is 0 Å². The molecule has 4 aromatic rings. The molecule has 0 amide bonds. The molecule has 2 fully saturated rings. The molecule has 8 heteroatoms. The zero-order valence-corrected chi connectivity index (χ0v) is 31.5. The summed E-state index contributed by atoms with van der Waals surface area (Å²) in [6, 6.07) is 44.5. The molecule has 0 aliphatic heterocycles. The van der Waals surface area contributed by atoms with Gasteiger partial charge < -0.3 is 0 Å². The van der Waals surface area contributed by atoms with Gasteiger partial charge in [-0.2, -0.15) is 0 Å². The number of rotatable bonds is 6. The predicted molar refractivity (Wildman–Crippen MR) is 178 cm³/mol. The molecule has 0 aromatic heterocycles. The summed E-state index contributed by atoms with van der Waals surface area (Å²) in [6.45, 7) is 18.0. The molecule has 46 heavy (non-hydrogen) atoms. The quantitative estimate of drug-likeness (QED) is 0.0817. The Morgan fingerprint density at radius 3 is 0.717 bits per heavy atom. The van der Waals surface area contributed by atoms with Crippen LogP contribution in [0.25, 0.3) is 0 Å². The predicted octanol–water partition coefficient (Wildman–Crippen LogP) is 7.97. The molecule has 4 nitrogen and oxygen atoms in total. The second-order valence-electron chi connectivity index (χ2n) is 9.96. The first-order chi connectivity index (χ1) is 21.9. The van der Waals surface area contributed by atoms with Gasteiger partial charge in [0.05, 0.1) is 0 Å². The summed E-state index contributed by atoms with van der Waals surface area (Å²) in [7, 11) is -0.304. The van der Waals surface area contributed by atoms with Gasteiger partial charge in [-0.25, -0.2) is 0 Å². The molecule has 0 spiro atoms. The van der Waals surface area contributed by atoms with Crippen LogP contribution in [0.5, 0.6) is 0 Å². The third kappa shape index (κ3) is 15.2. The normalized spacial score (nSPS) is 12.9. The molecule has 0 N–H and O–H groups in total. The van der Waals surface area contributed by atoms with Crippen molar-refractivity contribution in [3.63, 3.8) is 0 Å². The van der Waals surface area contributed by atoms with Crippen molar-refractivity contribution < 1.29 is 56.7 Å². The summed E-state index contributed by atoms with van der Waals surface area (Å²) in [6.07, 6.45) is 11.3. The monoisotopic (exact) mass is 860 g/mol. The zero-order chi connectivity index (χ0) is 32.4. The summed E-state index contributed by atoms with van der Waals surface area (Å²) in [4.78, 5) is 0. The van der Waals surface area contributed by atoms with Crippen LogP contribution in [0.3, 0.4) is 0 Å². The van der Waals surface area contributed by atoms with E-state index in [9.17, 15) is 0 Å². The van der Waals surface area contributed by atoms with Crippen molar-refractivity contribution in [3.8, 4) is 0 Å². The van der Waals surface area contributed by atoms with E-state index in [-0.39, 0.29) is 54.0 Å². The van der Waals surface area contributed by atoms with Gasteiger partial charge in [-0.05, 0) is 74.1 Å². The molecular weight excluding hydrogens is 822 g/mol. The Balaban J connectivity index is 0. The van der Waals surface area contributed by atoms with Crippen molar-refractivity contribution in [3.05, 3.63) is 148 Å². The standard InChI is InChI=1S/2C17H19P.4CO.Fe.W/c2*1-3-9-15(10-4-1)18(17-13-7-8-14-17)16-11-5-2-6-12-16;4*1-2;;/h2*1-6,9-12,17H,7-8,13-14H2;;;;;;. The number of hydrogen-bond acceptors (Lipinski definition) is 0. The maximum atomic E-state index is 7.50. The first-order valence-corrected chi connectivity index (χ1v) is 17.3. The van der Waals surface area contributed by atoms with Crippen LogP contribution in [-0.4, -0.2) is 11.3 Å². The summed E-state index contributed by atoms with van der Waals surface area (Å²) >= 11 is 0. The van der Waals surface area contributed by atoms with Crippen LogP contribution in [0.15, 0.2) is 121 Å². The molecule has 6 rings (SSSR count). The summed E-state index contributed by atoms with van der Waals surface area (Å²) < 4.78 is 30.0. The van der Waals surface area contributed by atoms with E-state index in [4.69, 9.17) is 18.6 Å². The van der Waals surface area contributed by atoms with E-state index in [1.54, 1.807) is 21.2 Å². The van der Waals surface area contributed by atoms with E-state index >= 15 is 0 Å². The molecule has 0 unspecified atom stereocenters. The molecule has 0 heterocycles. The molecule has 0 saturated heterocycles. The molecule has 238 valence electrons. The fraction of sp³-hybridized carbons (Fsp3) is 0.263. The Morgan fingerprint density at radius 2 is 0.543 bits per heavy atom. The smallest absolute Gasteiger partial charge is 0 e. The average molecular weight is 860 g/mol. The van der Waals surface area contributed by atoms with Crippen LogP contribution in [-0.2, 0) is 56.7 Å². The van der Waals surface area contributed by atoms with Crippen LogP contribution in [0, 0.1) is 26.6 Å². The van der Waals surface area contributed by atoms with Crippen LogP contribution >= 0.6 is 15.8 Å². The van der Waals surface area contributed by atoms with Crippen molar-refractivity contribution in [2.24, 2.45) is 0 Å². The van der Waals surface area contributed by atoms with Crippen molar-refractivity contribution in [2.45, 2.75) is 62.7 Å². The Morgan fingerprint density at radius 1 is 0.370 bits per heavy atom. The average Bonchev–Trinajstić information content (AvgIpc) is 3.87. The maximum Gasteiger partial charge on any atom is 0 e. The van der Waals surface area contributed by atoms with Crippen LogP contribution in [0.1, 0.15) is 51.4 Å². The van der Waals surface area contributed by atoms with E-state index in [0.717, 1.165) is 11.3 Å². The van der Waals surface area contributed by atoms with Gasteiger partial charge in [0, 0.05) is 38.1 Å². The van der Waals surface area contributed by atoms with Crippen molar-refractivity contribution in [1.29, 1.82) is 0 Å². The topological polar surface area (TPSA) is 79.6 Å². The summed E-state index contributed by atoms with van der Waals surface area (Å²) in [5.74, 6) is 0. The molecule has 0 atom stereocenters. The van der Waals surface area contributed by atoms with Crippen LogP contribution in [0.4, 0.5) is 0 Å². The molecular formula is C38H38FeO4P2W. The molecule has 4 aromatic carbocycles. The van der Waals surface area contributed by atoms with Crippen LogP contribution < -0.4 is 21.2 Å². The van der Waals surface area contributed by atoms with E-state index in [1.807, 2.05) is 0 Å². The van der Waals surface area contributed by atoms with E-state index < -0.39 is 0 Å². The molecule has 2 aliphatic rings. The Labute approximate surface area is 302 Å². The van der Waals surface area contributed by atoms with Gasteiger partial charge in [0.25, 0.3) is 0 Å². The van der Waals surface area contributed by atoms with Crippen molar-refractivity contribution in [2.75, 3.05) is 0 Å². The van der Waals surface area contributed by atoms with Gasteiger partial charge in [-0.15, -0.1) is 0 Å². The van der Waals surface area contributed by atoms with Crippen molar-refractivity contribution >= 4 is 37.1 Å². The van der Waals surface area contributed by atoms with E-state index in [0.29, 0.717) is 0 Å². The maximum absolute atomic E-state index is 7.50. The van der Waals surface area contributed by atoms with Gasteiger partial charge in [-0.1, -0.05) is 147 Å². The van der Waals surface area contributed by atoms with Crippen molar-refractivity contribution in [1.82, 2.24) is 0 Å². The summed E-state index contributed by atoms with van der Waals surface area (Å²) in [5.41, 5.74) is 1.79. The minimum Gasteiger partial charge on any atom is -0.0622 e. The molecule has 0 radical (unpaired) electrons. The summed E-state index contributed by atoms with van der Waals surface area (Å²) in [5, 5.41) is 6.19. The molecule has 0 bridgehead atoms. The fourth-order valence-corrected chi connectivity index (χ4v) is 11.8. The Kier molecular flexibility index (Phi) is 30.3. The molecule has 2 saturated carbocycles. The largest absolute Gasteiger partial charge is 0.0622 e. The first-order valence-electron chi connectivity index (χ1n) is 14.5. The Hall–Kier alpha value is -2.09. The number of hydrogen-bond donors (Lipinski definition) is 0. The van der Waals surface area contributed by atoms with Gasteiger partial charge in [0.1, 0.15) is 0 Å². The minimum absolute atomic E-state index is 0. The van der Waals surface area contributed by atoms with Gasteiger partial charge in [0.2, 0.25) is 0 Å². The second kappa shape index (κ2) is 30.3. The minimum atomic E-state index is -0.152. The van der Waals surface area contributed by atoms with E-state index in [2.05, 4.69) is 148 Å². The second-order valence-corrected chi connectivity index (χ2v) is 15.0. The van der Waals surface area contributed by atoms with E-state index in [1.165, 1.54) is 51.4 Å². The first kappa shape index (κ1) is 46.0. The zero-order valence-electron chi connectivity index (χ0n) is 25.6.